The highest BCUT2D eigenvalue weighted by molar-refractivity contribution is 5.90. The second kappa shape index (κ2) is 7.84. The third kappa shape index (κ3) is 3.35. The monoisotopic (exact) mass is 419 g/mol. The van der Waals surface area contributed by atoms with Crippen molar-refractivity contribution in [2.24, 2.45) is 0 Å². The molecular weight excluding hydrogens is 394 g/mol. The van der Waals surface area contributed by atoms with Gasteiger partial charge in [-0.2, -0.15) is 0 Å². The molecule has 158 valence electrons. The van der Waals surface area contributed by atoms with E-state index in [1.165, 1.54) is 42.6 Å². The molecule has 1 aliphatic rings. The molecule has 0 atom stereocenters. The molecule has 0 radical (unpaired) electrons. The Balaban J connectivity index is 1.33. The van der Waals surface area contributed by atoms with Crippen LogP contribution in [0.3, 0.4) is 0 Å². The van der Waals surface area contributed by atoms with E-state index in [1.54, 1.807) is 0 Å². The maximum atomic E-state index is 4.70. The first-order valence-electron chi connectivity index (χ1n) is 11.2. The van der Waals surface area contributed by atoms with Crippen LogP contribution in [0, 0.1) is 0 Å². The van der Waals surface area contributed by atoms with Gasteiger partial charge < -0.3 is 4.90 Å². The van der Waals surface area contributed by atoms with Crippen molar-refractivity contribution in [3.8, 4) is 22.4 Å². The van der Waals surface area contributed by atoms with Gasteiger partial charge in [-0.15, -0.1) is 0 Å². The van der Waals surface area contributed by atoms with Gasteiger partial charge in [0.05, 0.1) is 22.9 Å². The number of pyridine rings is 3. The first kappa shape index (κ1) is 19.1. The fourth-order valence-electron chi connectivity index (χ4n) is 4.84. The Morgan fingerprint density at radius 3 is 2.53 bits per heavy atom. The smallest absolute Gasteiger partial charge is 0.137 e. The zero-order valence-electron chi connectivity index (χ0n) is 18.1. The number of benzene rings is 1. The summed E-state index contributed by atoms with van der Waals surface area (Å²) in [5, 5.41) is 0. The summed E-state index contributed by atoms with van der Waals surface area (Å²) >= 11 is 0. The van der Waals surface area contributed by atoms with Crippen molar-refractivity contribution in [2.75, 3.05) is 20.1 Å². The van der Waals surface area contributed by atoms with Crippen LogP contribution in [0.25, 0.3) is 39.1 Å². The van der Waals surface area contributed by atoms with Gasteiger partial charge in [0.1, 0.15) is 5.65 Å². The highest BCUT2D eigenvalue weighted by Gasteiger charge is 2.18. The van der Waals surface area contributed by atoms with Crippen LogP contribution in [0.15, 0.2) is 79.4 Å². The summed E-state index contributed by atoms with van der Waals surface area (Å²) < 4.78 is 2.12. The van der Waals surface area contributed by atoms with Crippen LogP contribution in [0.5, 0.6) is 0 Å². The van der Waals surface area contributed by atoms with Crippen LogP contribution >= 0.6 is 0 Å². The first-order chi connectivity index (χ1) is 15.8. The molecule has 1 aromatic carbocycles. The van der Waals surface area contributed by atoms with Gasteiger partial charge in [-0.1, -0.05) is 24.3 Å². The Morgan fingerprint density at radius 2 is 1.69 bits per heavy atom. The molecule has 0 unspecified atom stereocenters. The number of hydrogen-bond acceptors (Lipinski definition) is 4. The van der Waals surface area contributed by atoms with E-state index >= 15 is 0 Å². The molecule has 0 spiro atoms. The SMILES string of the molecule is CN1CCC(c2ccc(-c3ccn4c(-c5ccnc6cccnc56)cnc4c3)cc2)CC1. The number of aromatic nitrogens is 4. The molecule has 32 heavy (non-hydrogen) atoms. The lowest BCUT2D eigenvalue weighted by atomic mass is 9.89. The van der Waals surface area contributed by atoms with E-state index < -0.39 is 0 Å². The van der Waals surface area contributed by atoms with E-state index in [0.29, 0.717) is 5.92 Å². The predicted octanol–water partition coefficient (Wildman–Crippen LogP) is 5.42. The first-order valence-corrected chi connectivity index (χ1v) is 11.2. The average molecular weight is 420 g/mol. The molecule has 5 aromatic rings. The molecule has 0 N–H and O–H groups in total. The summed E-state index contributed by atoms with van der Waals surface area (Å²) in [4.78, 5) is 16.1. The summed E-state index contributed by atoms with van der Waals surface area (Å²) in [6.07, 6.45) is 10.2. The Bertz CT molecular complexity index is 1390. The standard InChI is InChI=1S/C27H25N5/c1-31-14-9-21(10-15-31)19-4-6-20(7-5-19)22-11-16-32-25(18-30-26(32)17-22)23-8-13-28-24-3-2-12-29-27(23)24/h2-8,11-13,16-18,21H,9-10,14-15H2,1H3. The molecule has 1 fully saturated rings. The fraction of sp³-hybridized carbons (Fsp3) is 0.222. The molecule has 4 aromatic heterocycles. The Hall–Kier alpha value is -3.57. The summed E-state index contributed by atoms with van der Waals surface area (Å²) in [5.74, 6) is 0.682. The normalized spacial score (nSPS) is 15.5. The Morgan fingerprint density at radius 1 is 0.844 bits per heavy atom. The van der Waals surface area contributed by atoms with Crippen molar-refractivity contribution in [3.05, 3.63) is 84.9 Å². The van der Waals surface area contributed by atoms with E-state index in [2.05, 4.69) is 68.9 Å². The molecule has 0 aliphatic carbocycles. The number of hydrogen-bond donors (Lipinski definition) is 0. The molecule has 0 amide bonds. The lowest BCUT2D eigenvalue weighted by Gasteiger charge is -2.29. The number of rotatable bonds is 3. The molecule has 5 heterocycles. The summed E-state index contributed by atoms with van der Waals surface area (Å²) in [6.45, 7) is 2.38. The van der Waals surface area contributed by atoms with Gasteiger partial charge in [-0.05, 0) is 85.9 Å². The highest BCUT2D eigenvalue weighted by Crippen LogP contribution is 2.31. The van der Waals surface area contributed by atoms with E-state index in [0.717, 1.165) is 27.9 Å². The van der Waals surface area contributed by atoms with Gasteiger partial charge in [0.25, 0.3) is 0 Å². The van der Waals surface area contributed by atoms with Gasteiger partial charge in [0.2, 0.25) is 0 Å². The number of imidazole rings is 1. The Kier molecular flexibility index (Phi) is 4.69. The molecular formula is C27H25N5. The minimum atomic E-state index is 0.682. The topological polar surface area (TPSA) is 46.3 Å². The summed E-state index contributed by atoms with van der Waals surface area (Å²) in [7, 11) is 2.21. The van der Waals surface area contributed by atoms with E-state index in [-0.39, 0.29) is 0 Å². The molecule has 1 aliphatic heterocycles. The number of nitrogens with zero attached hydrogens (tertiary/aromatic N) is 5. The number of piperidine rings is 1. The lowest BCUT2D eigenvalue weighted by molar-refractivity contribution is 0.255. The molecule has 1 saturated heterocycles. The van der Waals surface area contributed by atoms with E-state index in [9.17, 15) is 0 Å². The van der Waals surface area contributed by atoms with Crippen molar-refractivity contribution in [2.45, 2.75) is 18.8 Å². The molecule has 0 saturated carbocycles. The van der Waals surface area contributed by atoms with Crippen LogP contribution in [0.4, 0.5) is 0 Å². The van der Waals surface area contributed by atoms with E-state index in [1.807, 2.05) is 36.8 Å². The van der Waals surface area contributed by atoms with Crippen LogP contribution in [0.2, 0.25) is 0 Å². The van der Waals surface area contributed by atoms with Crippen molar-refractivity contribution >= 4 is 16.7 Å². The van der Waals surface area contributed by atoms with Gasteiger partial charge in [-0.25, -0.2) is 4.98 Å². The maximum Gasteiger partial charge on any atom is 0.137 e. The molecule has 6 rings (SSSR count). The van der Waals surface area contributed by atoms with Crippen molar-refractivity contribution in [3.63, 3.8) is 0 Å². The summed E-state index contributed by atoms with van der Waals surface area (Å²) in [6, 6.07) is 19.4. The molecule has 5 nitrogen and oxygen atoms in total. The van der Waals surface area contributed by atoms with Gasteiger partial charge in [0, 0.05) is 24.2 Å². The van der Waals surface area contributed by atoms with Crippen molar-refractivity contribution in [1.29, 1.82) is 0 Å². The third-order valence-corrected chi connectivity index (χ3v) is 6.72. The third-order valence-electron chi connectivity index (χ3n) is 6.72. The zero-order chi connectivity index (χ0) is 21.5. The number of fused-ring (bicyclic) bond motifs is 2. The predicted molar refractivity (Wildman–Crippen MR) is 129 cm³/mol. The minimum absolute atomic E-state index is 0.682. The zero-order valence-corrected chi connectivity index (χ0v) is 18.1. The van der Waals surface area contributed by atoms with Crippen molar-refractivity contribution < 1.29 is 0 Å². The minimum Gasteiger partial charge on any atom is -0.306 e. The maximum absolute atomic E-state index is 4.70. The van der Waals surface area contributed by atoms with Gasteiger partial charge >= 0.3 is 0 Å². The van der Waals surface area contributed by atoms with Crippen LogP contribution in [-0.2, 0) is 0 Å². The van der Waals surface area contributed by atoms with Crippen LogP contribution in [0.1, 0.15) is 24.3 Å². The molecule has 0 bridgehead atoms. The summed E-state index contributed by atoms with van der Waals surface area (Å²) in [5.41, 5.74) is 8.65. The van der Waals surface area contributed by atoms with E-state index in [4.69, 9.17) is 4.98 Å². The highest BCUT2D eigenvalue weighted by atomic mass is 15.1. The Labute approximate surface area is 187 Å². The number of likely N-dealkylation sites (tertiary alicyclic amines) is 1. The quantitative estimate of drug-likeness (QED) is 0.392. The van der Waals surface area contributed by atoms with Crippen LogP contribution < -0.4 is 0 Å². The second-order valence-corrected chi connectivity index (χ2v) is 8.72. The largest absolute Gasteiger partial charge is 0.306 e. The lowest BCUT2D eigenvalue weighted by Crippen LogP contribution is -2.29. The van der Waals surface area contributed by atoms with Gasteiger partial charge in [0.15, 0.2) is 0 Å². The van der Waals surface area contributed by atoms with Gasteiger partial charge in [-0.3, -0.25) is 14.4 Å². The average Bonchev–Trinajstić information content (AvgIpc) is 3.27. The molecule has 5 heteroatoms. The fourth-order valence-corrected chi connectivity index (χ4v) is 4.84. The second-order valence-electron chi connectivity index (χ2n) is 8.72. The van der Waals surface area contributed by atoms with Crippen molar-refractivity contribution in [1.82, 2.24) is 24.3 Å². The van der Waals surface area contributed by atoms with Crippen LogP contribution in [-0.4, -0.2) is 44.4 Å².